The Hall–Kier alpha value is -2.04. The fourth-order valence-corrected chi connectivity index (χ4v) is 1.76. The Morgan fingerprint density at radius 3 is 2.78 bits per heavy atom. The molecule has 96 valence electrons. The molecule has 0 amide bonds. The molecule has 0 aromatic carbocycles. The number of aromatic nitrogens is 2. The van der Waals surface area contributed by atoms with Crippen molar-refractivity contribution in [2.75, 3.05) is 17.2 Å². The first-order valence-electron chi connectivity index (χ1n) is 6.06. The molecule has 2 N–H and O–H groups in total. The number of hydrogen-bond acceptors (Lipinski definition) is 5. The average molecular weight is 246 g/mol. The zero-order valence-electron chi connectivity index (χ0n) is 10.9. The summed E-state index contributed by atoms with van der Waals surface area (Å²) in [7, 11) is 0. The van der Waals surface area contributed by atoms with Gasteiger partial charge in [-0.05, 0) is 26.8 Å². The van der Waals surface area contributed by atoms with Crippen molar-refractivity contribution in [3.05, 3.63) is 35.3 Å². The molecule has 2 rings (SSSR count). The van der Waals surface area contributed by atoms with Gasteiger partial charge in [-0.2, -0.15) is 0 Å². The van der Waals surface area contributed by atoms with Crippen LogP contribution in [0.2, 0.25) is 0 Å². The summed E-state index contributed by atoms with van der Waals surface area (Å²) in [6.07, 6.45) is 1.79. The summed E-state index contributed by atoms with van der Waals surface area (Å²) in [4.78, 5) is 4.23. The van der Waals surface area contributed by atoms with Crippen LogP contribution in [0.1, 0.15) is 23.9 Å². The van der Waals surface area contributed by atoms with Gasteiger partial charge in [-0.15, -0.1) is 0 Å². The van der Waals surface area contributed by atoms with Gasteiger partial charge in [0.25, 0.3) is 0 Å². The fraction of sp³-hybridized carbons (Fsp3) is 0.385. The first kappa shape index (κ1) is 12.4. The monoisotopic (exact) mass is 246 g/mol. The van der Waals surface area contributed by atoms with Crippen LogP contribution in [0.15, 0.2) is 22.9 Å². The van der Waals surface area contributed by atoms with Gasteiger partial charge in [-0.25, -0.2) is 4.98 Å². The van der Waals surface area contributed by atoms with E-state index in [9.17, 15) is 0 Å². The molecule has 0 aliphatic carbocycles. The zero-order chi connectivity index (χ0) is 13.0. The lowest BCUT2D eigenvalue weighted by atomic mass is 10.2. The first-order chi connectivity index (χ1) is 8.70. The third-order valence-corrected chi connectivity index (χ3v) is 2.77. The Labute approximate surface area is 107 Å². The maximum absolute atomic E-state index is 5.13. The number of aryl methyl sites for hydroxylation is 2. The van der Waals surface area contributed by atoms with Crippen LogP contribution < -0.4 is 10.6 Å². The van der Waals surface area contributed by atoms with Crippen LogP contribution in [0.5, 0.6) is 0 Å². The van der Waals surface area contributed by atoms with Crippen molar-refractivity contribution in [3.8, 4) is 0 Å². The third kappa shape index (κ3) is 2.80. The van der Waals surface area contributed by atoms with Crippen LogP contribution in [-0.4, -0.2) is 16.7 Å². The van der Waals surface area contributed by atoms with E-state index in [2.05, 4.69) is 20.8 Å². The van der Waals surface area contributed by atoms with Crippen LogP contribution in [0.25, 0.3) is 0 Å². The predicted octanol–water partition coefficient (Wildman–Crippen LogP) is 2.73. The second-order valence-corrected chi connectivity index (χ2v) is 4.12. The van der Waals surface area contributed by atoms with Crippen molar-refractivity contribution in [2.45, 2.75) is 27.3 Å². The summed E-state index contributed by atoms with van der Waals surface area (Å²) in [5, 5.41) is 10.5. The van der Waals surface area contributed by atoms with E-state index >= 15 is 0 Å². The van der Waals surface area contributed by atoms with Crippen molar-refractivity contribution in [1.82, 2.24) is 10.1 Å². The van der Waals surface area contributed by atoms with E-state index in [1.807, 2.05) is 32.9 Å². The number of anilines is 2. The number of pyridine rings is 1. The molecule has 18 heavy (non-hydrogen) atoms. The van der Waals surface area contributed by atoms with Gasteiger partial charge in [-0.3, -0.25) is 0 Å². The molecule has 0 saturated carbocycles. The highest BCUT2D eigenvalue weighted by molar-refractivity contribution is 5.52. The van der Waals surface area contributed by atoms with Gasteiger partial charge in [0.15, 0.2) is 0 Å². The highest BCUT2D eigenvalue weighted by Crippen LogP contribution is 2.16. The van der Waals surface area contributed by atoms with Crippen LogP contribution in [0, 0.1) is 13.8 Å². The Morgan fingerprint density at radius 1 is 1.28 bits per heavy atom. The summed E-state index contributed by atoms with van der Waals surface area (Å²) in [5.74, 6) is 1.74. The third-order valence-electron chi connectivity index (χ3n) is 2.77. The van der Waals surface area contributed by atoms with E-state index in [1.54, 1.807) is 6.20 Å². The molecule has 2 heterocycles. The smallest absolute Gasteiger partial charge is 0.138 e. The molecule has 0 aliphatic heterocycles. The molecule has 0 aliphatic rings. The van der Waals surface area contributed by atoms with Crippen LogP contribution in [0.3, 0.4) is 0 Å². The summed E-state index contributed by atoms with van der Waals surface area (Å²) >= 11 is 0. The quantitative estimate of drug-likeness (QED) is 0.849. The Morgan fingerprint density at radius 2 is 2.11 bits per heavy atom. The van der Waals surface area contributed by atoms with Crippen LogP contribution >= 0.6 is 0 Å². The van der Waals surface area contributed by atoms with E-state index < -0.39 is 0 Å². The number of rotatable bonds is 5. The summed E-state index contributed by atoms with van der Waals surface area (Å²) in [6.45, 7) is 7.49. The topological polar surface area (TPSA) is 63.0 Å². The van der Waals surface area contributed by atoms with E-state index in [0.717, 1.165) is 35.1 Å². The Kier molecular flexibility index (Phi) is 3.82. The Bertz CT molecular complexity index is 502. The van der Waals surface area contributed by atoms with Gasteiger partial charge >= 0.3 is 0 Å². The minimum Gasteiger partial charge on any atom is -0.381 e. The molecule has 0 bridgehead atoms. The number of hydrogen-bond donors (Lipinski definition) is 2. The molecule has 2 aromatic heterocycles. The van der Waals surface area contributed by atoms with Crippen LogP contribution in [-0.2, 0) is 6.54 Å². The summed E-state index contributed by atoms with van der Waals surface area (Å²) in [5.41, 5.74) is 3.07. The van der Waals surface area contributed by atoms with Crippen molar-refractivity contribution in [3.63, 3.8) is 0 Å². The van der Waals surface area contributed by atoms with Crippen LogP contribution in [0.4, 0.5) is 11.5 Å². The highest BCUT2D eigenvalue weighted by atomic mass is 16.5. The van der Waals surface area contributed by atoms with E-state index in [4.69, 9.17) is 4.52 Å². The molecule has 0 radical (unpaired) electrons. The van der Waals surface area contributed by atoms with Gasteiger partial charge in [0.2, 0.25) is 0 Å². The molecule has 0 spiro atoms. The lowest BCUT2D eigenvalue weighted by molar-refractivity contribution is 0.392. The molecule has 0 fully saturated rings. The van der Waals surface area contributed by atoms with Gasteiger partial charge in [-0.1, -0.05) is 5.16 Å². The molecule has 5 heteroatoms. The lowest BCUT2D eigenvalue weighted by Crippen LogP contribution is -2.03. The largest absolute Gasteiger partial charge is 0.381 e. The van der Waals surface area contributed by atoms with Gasteiger partial charge in [0.1, 0.15) is 11.6 Å². The van der Waals surface area contributed by atoms with Crippen molar-refractivity contribution >= 4 is 11.5 Å². The van der Waals surface area contributed by atoms with Gasteiger partial charge in [0.05, 0.1) is 5.69 Å². The average Bonchev–Trinajstić information content (AvgIpc) is 2.68. The molecule has 2 aromatic rings. The van der Waals surface area contributed by atoms with Gasteiger partial charge < -0.3 is 15.2 Å². The maximum Gasteiger partial charge on any atom is 0.138 e. The van der Waals surface area contributed by atoms with E-state index in [1.165, 1.54) is 0 Å². The maximum atomic E-state index is 5.13. The molecule has 0 saturated heterocycles. The number of nitrogens with one attached hydrogen (secondary N) is 2. The molecular formula is C13H18N4O. The second kappa shape index (κ2) is 5.53. The summed E-state index contributed by atoms with van der Waals surface area (Å²) < 4.78 is 5.13. The second-order valence-electron chi connectivity index (χ2n) is 4.12. The van der Waals surface area contributed by atoms with Crippen molar-refractivity contribution in [1.29, 1.82) is 0 Å². The first-order valence-corrected chi connectivity index (χ1v) is 6.06. The van der Waals surface area contributed by atoms with Gasteiger partial charge in [0, 0.05) is 36.6 Å². The molecular weight excluding hydrogens is 228 g/mol. The fourth-order valence-electron chi connectivity index (χ4n) is 1.76. The van der Waals surface area contributed by atoms with E-state index in [0.29, 0.717) is 6.54 Å². The molecule has 5 nitrogen and oxygen atoms in total. The minimum absolute atomic E-state index is 0.705. The highest BCUT2D eigenvalue weighted by Gasteiger charge is 2.08. The normalized spacial score (nSPS) is 10.4. The van der Waals surface area contributed by atoms with E-state index in [-0.39, 0.29) is 0 Å². The standard InChI is InChI=1S/C13H18N4O/c1-4-14-13-7-11(5-6-15-13)16-8-12-9(2)17-18-10(12)3/h5-7H,4,8H2,1-3H3,(H2,14,15,16). The molecule has 0 atom stereocenters. The zero-order valence-corrected chi connectivity index (χ0v) is 10.9. The van der Waals surface area contributed by atoms with Crippen molar-refractivity contribution < 1.29 is 4.52 Å². The SMILES string of the molecule is CCNc1cc(NCc2c(C)noc2C)ccn1. The molecule has 0 unspecified atom stereocenters. The Balaban J connectivity index is 2.04. The van der Waals surface area contributed by atoms with Crippen molar-refractivity contribution in [2.24, 2.45) is 0 Å². The summed E-state index contributed by atoms with van der Waals surface area (Å²) in [6, 6.07) is 3.93. The minimum atomic E-state index is 0.705. The predicted molar refractivity (Wildman–Crippen MR) is 71.7 cm³/mol. The number of nitrogens with zero attached hydrogens (tertiary/aromatic N) is 2. The lowest BCUT2D eigenvalue weighted by Gasteiger charge is -2.08.